The van der Waals surface area contributed by atoms with E-state index in [0.717, 1.165) is 17.7 Å². The van der Waals surface area contributed by atoms with E-state index in [4.69, 9.17) is 9.47 Å². The molecule has 8 heteroatoms. The first-order valence-electron chi connectivity index (χ1n) is 7.86. The predicted octanol–water partition coefficient (Wildman–Crippen LogP) is 0.813. The third kappa shape index (κ3) is 3.08. The van der Waals surface area contributed by atoms with E-state index >= 15 is 0 Å². The van der Waals surface area contributed by atoms with E-state index in [2.05, 4.69) is 0 Å². The van der Waals surface area contributed by atoms with E-state index in [-0.39, 0.29) is 12.7 Å². The molecule has 2 heterocycles. The second-order valence-electron chi connectivity index (χ2n) is 5.92. The van der Waals surface area contributed by atoms with Gasteiger partial charge in [0.05, 0.1) is 6.54 Å². The summed E-state index contributed by atoms with van der Waals surface area (Å²) < 4.78 is 10.1. The number of rotatable bonds is 4. The van der Waals surface area contributed by atoms with Crippen molar-refractivity contribution in [2.24, 2.45) is 0 Å². The van der Waals surface area contributed by atoms with Crippen LogP contribution in [0.3, 0.4) is 0 Å². The summed E-state index contributed by atoms with van der Waals surface area (Å²) in [6.45, 7) is 1.90. The number of carbonyl (C=O) groups excluding carboxylic acids is 2. The molecule has 1 aromatic carbocycles. The van der Waals surface area contributed by atoms with Gasteiger partial charge in [-0.1, -0.05) is 13.3 Å². The molecule has 24 heavy (non-hydrogen) atoms. The lowest BCUT2D eigenvalue weighted by atomic mass is 10.2. The maximum Gasteiger partial charge on any atom is 0.414 e. The lowest BCUT2D eigenvalue weighted by Gasteiger charge is -2.38. The van der Waals surface area contributed by atoms with Gasteiger partial charge in [-0.15, -0.1) is 0 Å². The van der Waals surface area contributed by atoms with Crippen LogP contribution in [0.25, 0.3) is 0 Å². The summed E-state index contributed by atoms with van der Waals surface area (Å²) in [5.74, 6) is -2.95. The number of benzene rings is 1. The first-order chi connectivity index (χ1) is 11.4. The van der Waals surface area contributed by atoms with Gasteiger partial charge in [-0.05, 0) is 30.7 Å². The van der Waals surface area contributed by atoms with Crippen molar-refractivity contribution in [3.63, 3.8) is 0 Å². The molecular formula is C16H20N2O6. The Morgan fingerprint density at radius 3 is 2.50 bits per heavy atom. The largest absolute Gasteiger partial charge is 0.444 e. The molecule has 0 aromatic heterocycles. The Hall–Kier alpha value is -2.16. The van der Waals surface area contributed by atoms with Gasteiger partial charge in [0.1, 0.15) is 19.3 Å². The highest BCUT2D eigenvalue weighted by molar-refractivity contribution is 5.96. The Kier molecular flexibility index (Phi) is 4.44. The van der Waals surface area contributed by atoms with Crippen molar-refractivity contribution < 1.29 is 29.3 Å². The normalized spacial score (nSPS) is 23.5. The van der Waals surface area contributed by atoms with E-state index in [1.54, 1.807) is 24.3 Å². The third-order valence-corrected chi connectivity index (χ3v) is 4.03. The van der Waals surface area contributed by atoms with Gasteiger partial charge in [0.2, 0.25) is 0 Å². The van der Waals surface area contributed by atoms with Gasteiger partial charge in [-0.2, -0.15) is 0 Å². The summed E-state index contributed by atoms with van der Waals surface area (Å²) in [7, 11) is 0. The summed E-state index contributed by atoms with van der Waals surface area (Å²) >= 11 is 0. The van der Waals surface area contributed by atoms with Crippen LogP contribution in [0.1, 0.15) is 19.8 Å². The summed E-state index contributed by atoms with van der Waals surface area (Å²) in [4.78, 5) is 26.3. The minimum atomic E-state index is -2.39. The standard InChI is InChI=1S/C16H20N2O6/c1-2-3-13-8-17(15(20)24-13)11-4-6-12(7-5-11)18-14(19)9-23-10-16(18,21)22/h4-7,13,21-22H,2-3,8-10H2,1H3. The highest BCUT2D eigenvalue weighted by Gasteiger charge is 2.41. The van der Waals surface area contributed by atoms with E-state index in [9.17, 15) is 19.8 Å². The number of hydrogen-bond acceptors (Lipinski definition) is 6. The fourth-order valence-corrected chi connectivity index (χ4v) is 2.94. The number of morpholine rings is 1. The van der Waals surface area contributed by atoms with Crippen LogP contribution >= 0.6 is 0 Å². The molecule has 2 N–H and O–H groups in total. The van der Waals surface area contributed by atoms with Crippen LogP contribution in [0, 0.1) is 0 Å². The van der Waals surface area contributed by atoms with Crippen LogP contribution in [0.15, 0.2) is 24.3 Å². The first kappa shape index (κ1) is 16.7. The molecule has 8 nitrogen and oxygen atoms in total. The Bertz CT molecular complexity index is 630. The molecule has 2 aliphatic rings. The van der Waals surface area contributed by atoms with E-state index in [1.807, 2.05) is 6.92 Å². The van der Waals surface area contributed by atoms with Crippen LogP contribution in [0.2, 0.25) is 0 Å². The predicted molar refractivity (Wildman–Crippen MR) is 84.4 cm³/mol. The van der Waals surface area contributed by atoms with Crippen molar-refractivity contribution in [2.75, 3.05) is 29.6 Å². The highest BCUT2D eigenvalue weighted by atomic mass is 16.6. The molecule has 2 aliphatic heterocycles. The monoisotopic (exact) mass is 336 g/mol. The smallest absolute Gasteiger partial charge is 0.414 e. The van der Waals surface area contributed by atoms with Gasteiger partial charge >= 0.3 is 6.09 Å². The molecule has 2 saturated heterocycles. The average molecular weight is 336 g/mol. The van der Waals surface area contributed by atoms with Crippen LogP contribution in [0.5, 0.6) is 0 Å². The fourth-order valence-electron chi connectivity index (χ4n) is 2.94. The Labute approximate surface area is 139 Å². The molecule has 130 valence electrons. The van der Waals surface area contributed by atoms with Gasteiger partial charge in [0.25, 0.3) is 11.8 Å². The minimum absolute atomic E-state index is 0.120. The van der Waals surface area contributed by atoms with Crippen LogP contribution < -0.4 is 9.80 Å². The molecule has 0 radical (unpaired) electrons. The van der Waals surface area contributed by atoms with Gasteiger partial charge in [-0.25, -0.2) is 4.79 Å². The maximum absolute atomic E-state index is 11.9. The van der Waals surface area contributed by atoms with Crippen LogP contribution in [0.4, 0.5) is 16.2 Å². The molecule has 3 rings (SSSR count). The zero-order valence-corrected chi connectivity index (χ0v) is 13.3. The van der Waals surface area contributed by atoms with Crippen LogP contribution in [-0.4, -0.2) is 54.0 Å². The summed E-state index contributed by atoms with van der Waals surface area (Å²) in [5, 5.41) is 19.9. The molecule has 2 amide bonds. The van der Waals surface area contributed by atoms with Gasteiger partial charge in [0.15, 0.2) is 0 Å². The maximum atomic E-state index is 11.9. The van der Waals surface area contributed by atoms with Gasteiger partial charge < -0.3 is 19.7 Å². The zero-order valence-electron chi connectivity index (χ0n) is 13.3. The highest BCUT2D eigenvalue weighted by Crippen LogP contribution is 2.29. The molecule has 0 bridgehead atoms. The SMILES string of the molecule is CCCC1CN(c2ccc(N3C(=O)COCC3(O)O)cc2)C(=O)O1. The number of hydrogen-bond donors (Lipinski definition) is 2. The van der Waals surface area contributed by atoms with Gasteiger partial charge in [0, 0.05) is 11.4 Å². The number of anilines is 2. The van der Waals surface area contributed by atoms with Crippen molar-refractivity contribution in [3.05, 3.63) is 24.3 Å². The molecule has 0 saturated carbocycles. The molecule has 2 fully saturated rings. The quantitative estimate of drug-likeness (QED) is 0.790. The number of ether oxygens (including phenoxy) is 2. The van der Waals surface area contributed by atoms with E-state index < -0.39 is 24.5 Å². The number of carbonyl (C=O) groups is 2. The lowest BCUT2D eigenvalue weighted by molar-refractivity contribution is -0.214. The molecular weight excluding hydrogens is 316 g/mol. The molecule has 1 aromatic rings. The van der Waals surface area contributed by atoms with Crippen molar-refractivity contribution in [3.8, 4) is 0 Å². The fraction of sp³-hybridized carbons (Fsp3) is 0.500. The third-order valence-electron chi connectivity index (χ3n) is 4.03. The molecule has 0 spiro atoms. The van der Waals surface area contributed by atoms with E-state index in [1.165, 1.54) is 4.90 Å². The zero-order chi connectivity index (χ0) is 17.3. The Morgan fingerprint density at radius 2 is 1.88 bits per heavy atom. The summed E-state index contributed by atoms with van der Waals surface area (Å²) in [5.41, 5.74) is 0.944. The van der Waals surface area contributed by atoms with Crippen molar-refractivity contribution >= 4 is 23.4 Å². The Balaban J connectivity index is 1.78. The number of amides is 2. The number of nitrogens with zero attached hydrogens (tertiary/aromatic N) is 2. The van der Waals surface area contributed by atoms with Crippen molar-refractivity contribution in [1.29, 1.82) is 0 Å². The lowest BCUT2D eigenvalue weighted by Crippen LogP contribution is -2.60. The number of aliphatic hydroxyl groups is 2. The summed E-state index contributed by atoms with van der Waals surface area (Å²) in [6, 6.07) is 6.40. The Morgan fingerprint density at radius 1 is 1.21 bits per heavy atom. The first-order valence-corrected chi connectivity index (χ1v) is 7.86. The average Bonchev–Trinajstić information content (AvgIpc) is 2.88. The summed E-state index contributed by atoms with van der Waals surface area (Å²) in [6.07, 6.45) is 1.21. The van der Waals surface area contributed by atoms with Crippen molar-refractivity contribution in [1.82, 2.24) is 0 Å². The molecule has 0 aliphatic carbocycles. The molecule has 1 atom stereocenters. The minimum Gasteiger partial charge on any atom is -0.444 e. The molecule has 1 unspecified atom stereocenters. The van der Waals surface area contributed by atoms with Gasteiger partial charge in [-0.3, -0.25) is 14.6 Å². The van der Waals surface area contributed by atoms with Crippen molar-refractivity contribution in [2.45, 2.75) is 31.8 Å². The second kappa shape index (κ2) is 6.39. The topological polar surface area (TPSA) is 99.5 Å². The number of cyclic esters (lactones) is 1. The second-order valence-corrected chi connectivity index (χ2v) is 5.92. The van der Waals surface area contributed by atoms with E-state index in [0.29, 0.717) is 17.9 Å². The van der Waals surface area contributed by atoms with Crippen LogP contribution in [-0.2, 0) is 14.3 Å².